The van der Waals surface area contributed by atoms with Gasteiger partial charge in [0.05, 0.1) is 12.1 Å². The van der Waals surface area contributed by atoms with Crippen molar-refractivity contribution in [3.8, 4) is 5.75 Å². The number of halogens is 2. The molecule has 0 aromatic heterocycles. The maximum atomic E-state index is 6.07. The summed E-state index contributed by atoms with van der Waals surface area (Å²) in [7, 11) is 1.61. The predicted molar refractivity (Wildman–Crippen MR) is 66.3 cm³/mol. The highest BCUT2D eigenvalue weighted by Crippen LogP contribution is 2.32. The van der Waals surface area contributed by atoms with Gasteiger partial charge in [-0.1, -0.05) is 31.5 Å². The summed E-state index contributed by atoms with van der Waals surface area (Å²) in [5.41, 5.74) is 1.17. The van der Waals surface area contributed by atoms with Crippen LogP contribution in [0.15, 0.2) is 18.2 Å². The first kappa shape index (κ1) is 12.7. The number of hydrogen-bond donors (Lipinski definition) is 0. The molecule has 0 amide bonds. The number of methoxy groups -OCH3 is 1. The molecule has 0 spiro atoms. The molecule has 1 nitrogen and oxygen atoms in total. The zero-order valence-corrected chi connectivity index (χ0v) is 10.8. The molecule has 3 heteroatoms. The van der Waals surface area contributed by atoms with Gasteiger partial charge in [-0.2, -0.15) is 0 Å². The third-order valence-electron chi connectivity index (χ3n) is 2.57. The summed E-state index contributed by atoms with van der Waals surface area (Å²) in [5.74, 6) is 2.17. The van der Waals surface area contributed by atoms with Gasteiger partial charge in [0.1, 0.15) is 5.75 Å². The van der Waals surface area contributed by atoms with Crippen LogP contribution < -0.4 is 4.74 Å². The highest BCUT2D eigenvalue weighted by molar-refractivity contribution is 6.32. The Morgan fingerprint density at radius 1 is 1.33 bits per heavy atom. The van der Waals surface area contributed by atoms with Gasteiger partial charge >= 0.3 is 0 Å². The van der Waals surface area contributed by atoms with Gasteiger partial charge in [0.15, 0.2) is 0 Å². The van der Waals surface area contributed by atoms with E-state index in [0.717, 1.165) is 0 Å². The van der Waals surface area contributed by atoms with E-state index in [1.807, 2.05) is 18.2 Å². The second-order valence-corrected chi connectivity index (χ2v) is 4.61. The molecular weight excluding hydrogens is 231 g/mol. The van der Waals surface area contributed by atoms with Crippen LogP contribution in [0.1, 0.15) is 25.3 Å². The number of benzene rings is 1. The fourth-order valence-electron chi connectivity index (χ4n) is 1.57. The molecule has 1 atom stereocenters. The summed E-state index contributed by atoms with van der Waals surface area (Å²) in [6, 6.07) is 5.85. The van der Waals surface area contributed by atoms with Crippen molar-refractivity contribution in [2.75, 3.05) is 13.0 Å². The fourth-order valence-corrected chi connectivity index (χ4v) is 2.37. The zero-order valence-electron chi connectivity index (χ0n) is 9.26. The smallest absolute Gasteiger partial charge is 0.137 e. The first-order valence-corrected chi connectivity index (χ1v) is 5.90. The Labute approximate surface area is 101 Å². The van der Waals surface area contributed by atoms with Crippen molar-refractivity contribution in [2.24, 2.45) is 5.92 Å². The first-order chi connectivity index (χ1) is 7.10. The van der Waals surface area contributed by atoms with Gasteiger partial charge in [0.2, 0.25) is 0 Å². The quantitative estimate of drug-likeness (QED) is 0.719. The molecule has 1 unspecified atom stereocenters. The molecule has 1 rings (SSSR count). The summed E-state index contributed by atoms with van der Waals surface area (Å²) in [6.45, 7) is 4.32. The third-order valence-corrected chi connectivity index (χ3v) is 3.20. The van der Waals surface area contributed by atoms with Crippen molar-refractivity contribution in [1.29, 1.82) is 0 Å². The highest BCUT2D eigenvalue weighted by atomic mass is 35.5. The van der Waals surface area contributed by atoms with Crippen molar-refractivity contribution in [2.45, 2.75) is 19.8 Å². The summed E-state index contributed by atoms with van der Waals surface area (Å²) < 4.78 is 5.11. The second-order valence-electron chi connectivity index (χ2n) is 3.90. The van der Waals surface area contributed by atoms with Crippen molar-refractivity contribution in [1.82, 2.24) is 0 Å². The molecule has 0 saturated carbocycles. The molecule has 84 valence electrons. The van der Waals surface area contributed by atoms with Crippen LogP contribution in [0.4, 0.5) is 0 Å². The lowest BCUT2D eigenvalue weighted by Gasteiger charge is -2.19. The molecule has 0 bridgehead atoms. The van der Waals surface area contributed by atoms with E-state index in [4.69, 9.17) is 27.9 Å². The van der Waals surface area contributed by atoms with E-state index in [1.54, 1.807) is 7.11 Å². The second kappa shape index (κ2) is 5.62. The largest absolute Gasteiger partial charge is 0.495 e. The van der Waals surface area contributed by atoms with E-state index in [1.165, 1.54) is 5.56 Å². The lowest BCUT2D eigenvalue weighted by molar-refractivity contribution is 0.414. The maximum absolute atomic E-state index is 6.07. The molecule has 0 saturated heterocycles. The third kappa shape index (κ3) is 3.02. The number of alkyl halides is 1. The van der Waals surface area contributed by atoms with Crippen molar-refractivity contribution in [3.05, 3.63) is 28.8 Å². The average molecular weight is 247 g/mol. The standard InChI is InChI=1S/C12H16Cl2O/c1-8(2)10(7-13)9-4-5-12(15-3)11(14)6-9/h4-6,8,10H,7H2,1-3H3. The molecule has 0 aliphatic carbocycles. The summed E-state index contributed by atoms with van der Waals surface area (Å²) in [5, 5.41) is 0.644. The minimum absolute atomic E-state index is 0.343. The van der Waals surface area contributed by atoms with E-state index < -0.39 is 0 Å². The van der Waals surface area contributed by atoms with E-state index in [9.17, 15) is 0 Å². The lowest BCUT2D eigenvalue weighted by atomic mass is 9.90. The van der Waals surface area contributed by atoms with E-state index in [0.29, 0.717) is 28.5 Å². The zero-order chi connectivity index (χ0) is 11.4. The van der Waals surface area contributed by atoms with Crippen LogP contribution in [0.25, 0.3) is 0 Å². The lowest BCUT2D eigenvalue weighted by Crippen LogP contribution is -2.08. The Bertz CT molecular complexity index is 323. The molecule has 0 radical (unpaired) electrons. The molecule has 0 aliphatic heterocycles. The van der Waals surface area contributed by atoms with Crippen LogP contribution in [0.3, 0.4) is 0 Å². The van der Waals surface area contributed by atoms with E-state index in [2.05, 4.69) is 13.8 Å². The predicted octanol–water partition coefficient (Wildman–Crippen LogP) is 4.33. The Morgan fingerprint density at radius 2 is 2.00 bits per heavy atom. The molecule has 15 heavy (non-hydrogen) atoms. The molecule has 0 heterocycles. The van der Waals surface area contributed by atoms with Gasteiger partial charge < -0.3 is 4.74 Å². The SMILES string of the molecule is COc1ccc(C(CCl)C(C)C)cc1Cl. The first-order valence-electron chi connectivity index (χ1n) is 4.99. The van der Waals surface area contributed by atoms with Gasteiger partial charge in [0.25, 0.3) is 0 Å². The van der Waals surface area contributed by atoms with Crippen LogP contribution >= 0.6 is 23.2 Å². The van der Waals surface area contributed by atoms with E-state index in [-0.39, 0.29) is 0 Å². The topological polar surface area (TPSA) is 9.23 Å². The van der Waals surface area contributed by atoms with Crippen LogP contribution in [0, 0.1) is 5.92 Å². The summed E-state index contributed by atoms with van der Waals surface area (Å²) in [6.07, 6.45) is 0. The van der Waals surface area contributed by atoms with Crippen LogP contribution in [-0.2, 0) is 0 Å². The number of rotatable bonds is 4. The highest BCUT2D eigenvalue weighted by Gasteiger charge is 2.15. The molecular formula is C12H16Cl2O. The minimum Gasteiger partial charge on any atom is -0.495 e. The summed E-state index contributed by atoms with van der Waals surface area (Å²) >= 11 is 12.0. The van der Waals surface area contributed by atoms with Gasteiger partial charge in [-0.3, -0.25) is 0 Å². The number of hydrogen-bond acceptors (Lipinski definition) is 1. The van der Waals surface area contributed by atoms with Crippen molar-refractivity contribution >= 4 is 23.2 Å². The minimum atomic E-state index is 0.343. The molecule has 1 aromatic rings. The van der Waals surface area contributed by atoms with Gasteiger partial charge in [-0.15, -0.1) is 11.6 Å². The van der Waals surface area contributed by atoms with Crippen molar-refractivity contribution in [3.63, 3.8) is 0 Å². The molecule has 0 N–H and O–H groups in total. The normalized spacial score (nSPS) is 12.9. The molecule has 0 aliphatic rings. The average Bonchev–Trinajstić information content (AvgIpc) is 2.18. The van der Waals surface area contributed by atoms with Crippen LogP contribution in [0.2, 0.25) is 5.02 Å². The Hall–Kier alpha value is -0.400. The molecule has 0 fully saturated rings. The van der Waals surface area contributed by atoms with Gasteiger partial charge in [-0.05, 0) is 29.5 Å². The fraction of sp³-hybridized carbons (Fsp3) is 0.500. The van der Waals surface area contributed by atoms with Gasteiger partial charge in [0, 0.05) is 5.88 Å². The molecule has 1 aromatic carbocycles. The summed E-state index contributed by atoms with van der Waals surface area (Å²) in [4.78, 5) is 0. The Morgan fingerprint density at radius 3 is 2.40 bits per heavy atom. The van der Waals surface area contributed by atoms with Gasteiger partial charge in [-0.25, -0.2) is 0 Å². The van der Waals surface area contributed by atoms with Crippen LogP contribution in [-0.4, -0.2) is 13.0 Å². The van der Waals surface area contributed by atoms with Crippen molar-refractivity contribution < 1.29 is 4.74 Å². The Kier molecular flexibility index (Phi) is 4.75. The Balaban J connectivity index is 3.00. The number of ether oxygens (including phenoxy) is 1. The maximum Gasteiger partial charge on any atom is 0.137 e. The van der Waals surface area contributed by atoms with Crippen LogP contribution in [0.5, 0.6) is 5.75 Å². The van der Waals surface area contributed by atoms with E-state index >= 15 is 0 Å². The monoisotopic (exact) mass is 246 g/mol.